The largest absolute Gasteiger partial charge is 0.340 e. The number of hydrogen-bond donors (Lipinski definition) is 1. The lowest BCUT2D eigenvalue weighted by atomic mass is 9.85. The summed E-state index contributed by atoms with van der Waals surface area (Å²) < 4.78 is 0. The van der Waals surface area contributed by atoms with Gasteiger partial charge < -0.3 is 10.2 Å². The molecule has 1 aliphatic heterocycles. The molecule has 1 rings (SSSR count). The van der Waals surface area contributed by atoms with Crippen molar-refractivity contribution in [1.82, 2.24) is 10.2 Å². The molecule has 0 aliphatic carbocycles. The van der Waals surface area contributed by atoms with Gasteiger partial charge in [0.1, 0.15) is 11.6 Å². The summed E-state index contributed by atoms with van der Waals surface area (Å²) in [5.74, 6) is 1.55. The molecule has 0 aromatic heterocycles. The van der Waals surface area contributed by atoms with E-state index in [1.165, 1.54) is 0 Å². The Bertz CT molecular complexity index is 367. The number of nitrogens with one attached hydrogen (secondary N) is 1. The van der Waals surface area contributed by atoms with Gasteiger partial charge in [0.25, 0.3) is 0 Å². The number of rotatable bonds is 8. The number of thioether (sulfide) groups is 1. The smallest absolute Gasteiger partial charge is 0.248 e. The van der Waals surface area contributed by atoms with Gasteiger partial charge in [0, 0.05) is 6.54 Å². The second-order valence-corrected chi connectivity index (χ2v) is 7.25. The fourth-order valence-electron chi connectivity index (χ4n) is 2.98. The van der Waals surface area contributed by atoms with Crippen LogP contribution < -0.4 is 5.32 Å². The van der Waals surface area contributed by atoms with Crippen molar-refractivity contribution in [2.45, 2.75) is 65.0 Å². The number of hydrogen-bond acceptors (Lipinski definition) is 3. The highest BCUT2D eigenvalue weighted by Gasteiger charge is 2.48. The minimum Gasteiger partial charge on any atom is -0.340 e. The van der Waals surface area contributed by atoms with Crippen molar-refractivity contribution in [2.75, 3.05) is 18.6 Å². The predicted octanol–water partition coefficient (Wildman–Crippen LogP) is 2.67. The van der Waals surface area contributed by atoms with E-state index in [0.29, 0.717) is 25.3 Å². The molecule has 0 aromatic rings. The third-order valence-corrected chi connectivity index (χ3v) is 5.06. The topological polar surface area (TPSA) is 49.4 Å². The summed E-state index contributed by atoms with van der Waals surface area (Å²) >= 11 is 1.78. The predicted molar refractivity (Wildman–Crippen MR) is 89.4 cm³/mol. The zero-order chi connectivity index (χ0) is 16.0. The second kappa shape index (κ2) is 8.06. The zero-order valence-corrected chi connectivity index (χ0v) is 14.9. The zero-order valence-electron chi connectivity index (χ0n) is 14.1. The number of amides is 2. The highest BCUT2D eigenvalue weighted by Crippen LogP contribution is 2.27. The molecule has 1 unspecified atom stereocenters. The maximum Gasteiger partial charge on any atom is 0.248 e. The molecular formula is C16H30N2O2S. The van der Waals surface area contributed by atoms with Crippen LogP contribution in [0.1, 0.15) is 53.4 Å². The third-order valence-electron chi connectivity index (χ3n) is 4.36. The third kappa shape index (κ3) is 4.15. The van der Waals surface area contributed by atoms with Gasteiger partial charge in [0.05, 0.1) is 0 Å². The Morgan fingerprint density at radius 1 is 1.29 bits per heavy atom. The molecule has 1 fully saturated rings. The van der Waals surface area contributed by atoms with Crippen LogP contribution in [0.5, 0.6) is 0 Å². The van der Waals surface area contributed by atoms with E-state index in [9.17, 15) is 9.59 Å². The van der Waals surface area contributed by atoms with Crippen LogP contribution in [-0.2, 0) is 9.59 Å². The molecular weight excluding hydrogens is 284 g/mol. The molecule has 2 amide bonds. The van der Waals surface area contributed by atoms with Crippen LogP contribution in [0.2, 0.25) is 0 Å². The van der Waals surface area contributed by atoms with E-state index < -0.39 is 5.54 Å². The number of piperazine rings is 1. The van der Waals surface area contributed by atoms with Gasteiger partial charge in [-0.2, -0.15) is 11.8 Å². The molecule has 0 spiro atoms. The molecule has 0 saturated carbocycles. The molecule has 0 bridgehead atoms. The van der Waals surface area contributed by atoms with Gasteiger partial charge in [-0.3, -0.25) is 9.59 Å². The lowest BCUT2D eigenvalue weighted by Crippen LogP contribution is -2.70. The van der Waals surface area contributed by atoms with Gasteiger partial charge in [-0.05, 0) is 43.6 Å². The Kier molecular flexibility index (Phi) is 7.04. The number of carbonyl (C=O) groups is 2. The summed E-state index contributed by atoms with van der Waals surface area (Å²) in [5.41, 5.74) is -0.691. The van der Waals surface area contributed by atoms with Crippen LogP contribution in [0.15, 0.2) is 0 Å². The maximum absolute atomic E-state index is 12.9. The molecule has 1 N–H and O–H groups in total. The van der Waals surface area contributed by atoms with Gasteiger partial charge in [0.2, 0.25) is 11.8 Å². The minimum absolute atomic E-state index is 0.0242. The van der Waals surface area contributed by atoms with Crippen molar-refractivity contribution < 1.29 is 9.59 Å². The minimum atomic E-state index is -0.691. The normalized spacial score (nSPS) is 21.8. The first-order valence-corrected chi connectivity index (χ1v) is 9.43. The van der Waals surface area contributed by atoms with Gasteiger partial charge in [-0.15, -0.1) is 0 Å². The SMILES string of the molecule is CCC1(CC)NC(=O)C(CC(C)C)N(CCCSC)C1=O. The Morgan fingerprint density at radius 2 is 1.90 bits per heavy atom. The average Bonchev–Trinajstić information content (AvgIpc) is 2.45. The fourth-order valence-corrected chi connectivity index (χ4v) is 3.39. The molecule has 1 heterocycles. The van der Waals surface area contributed by atoms with Crippen LogP contribution >= 0.6 is 11.8 Å². The van der Waals surface area contributed by atoms with E-state index in [-0.39, 0.29) is 17.9 Å². The van der Waals surface area contributed by atoms with Gasteiger partial charge >= 0.3 is 0 Å². The molecule has 0 radical (unpaired) electrons. The van der Waals surface area contributed by atoms with Crippen molar-refractivity contribution in [3.8, 4) is 0 Å². The van der Waals surface area contributed by atoms with Crippen LogP contribution in [0.25, 0.3) is 0 Å². The van der Waals surface area contributed by atoms with Crippen LogP contribution in [0.3, 0.4) is 0 Å². The molecule has 1 saturated heterocycles. The van der Waals surface area contributed by atoms with E-state index >= 15 is 0 Å². The van der Waals surface area contributed by atoms with Crippen LogP contribution in [0.4, 0.5) is 0 Å². The van der Waals surface area contributed by atoms with Crippen LogP contribution in [-0.4, -0.2) is 46.8 Å². The summed E-state index contributed by atoms with van der Waals surface area (Å²) in [4.78, 5) is 27.3. The highest BCUT2D eigenvalue weighted by atomic mass is 32.2. The summed E-state index contributed by atoms with van der Waals surface area (Å²) in [6.07, 6.45) is 5.06. The van der Waals surface area contributed by atoms with Crippen molar-refractivity contribution in [3.05, 3.63) is 0 Å². The van der Waals surface area contributed by atoms with E-state index in [2.05, 4.69) is 25.4 Å². The quantitative estimate of drug-likeness (QED) is 0.701. The van der Waals surface area contributed by atoms with Crippen molar-refractivity contribution in [1.29, 1.82) is 0 Å². The Labute approximate surface area is 133 Å². The van der Waals surface area contributed by atoms with Crippen molar-refractivity contribution in [2.24, 2.45) is 5.92 Å². The summed E-state index contributed by atoms with van der Waals surface area (Å²) in [7, 11) is 0. The lowest BCUT2D eigenvalue weighted by molar-refractivity contribution is -0.156. The Morgan fingerprint density at radius 3 is 2.38 bits per heavy atom. The first-order valence-electron chi connectivity index (χ1n) is 8.03. The highest BCUT2D eigenvalue weighted by molar-refractivity contribution is 7.98. The monoisotopic (exact) mass is 314 g/mol. The molecule has 122 valence electrons. The molecule has 1 aliphatic rings. The molecule has 1 atom stereocenters. The molecule has 21 heavy (non-hydrogen) atoms. The van der Waals surface area contributed by atoms with Gasteiger partial charge in [-0.1, -0.05) is 27.7 Å². The first-order chi connectivity index (χ1) is 9.91. The Balaban J connectivity index is 2.98. The van der Waals surface area contributed by atoms with E-state index in [0.717, 1.165) is 18.6 Å². The van der Waals surface area contributed by atoms with Crippen molar-refractivity contribution >= 4 is 23.6 Å². The van der Waals surface area contributed by atoms with E-state index in [1.54, 1.807) is 11.8 Å². The lowest BCUT2D eigenvalue weighted by Gasteiger charge is -2.46. The van der Waals surface area contributed by atoms with Gasteiger partial charge in [0.15, 0.2) is 0 Å². The Hall–Kier alpha value is -0.710. The molecule has 5 heteroatoms. The maximum atomic E-state index is 12.9. The first kappa shape index (κ1) is 18.3. The van der Waals surface area contributed by atoms with Crippen LogP contribution in [0, 0.1) is 5.92 Å². The van der Waals surface area contributed by atoms with E-state index in [4.69, 9.17) is 0 Å². The number of nitrogens with zero attached hydrogens (tertiary/aromatic N) is 1. The average molecular weight is 314 g/mol. The fraction of sp³-hybridized carbons (Fsp3) is 0.875. The molecule has 0 aromatic carbocycles. The summed E-state index contributed by atoms with van der Waals surface area (Å²) in [5, 5.41) is 3.02. The van der Waals surface area contributed by atoms with Crippen molar-refractivity contribution in [3.63, 3.8) is 0 Å². The number of carbonyl (C=O) groups excluding carboxylic acids is 2. The summed E-state index contributed by atoms with van der Waals surface area (Å²) in [6.45, 7) is 8.83. The molecule has 4 nitrogen and oxygen atoms in total. The van der Waals surface area contributed by atoms with E-state index in [1.807, 2.05) is 18.7 Å². The standard InChI is InChI=1S/C16H30N2O2S/c1-6-16(7-2)15(20)18(9-8-10-21-5)13(11-12(3)4)14(19)17-16/h12-13H,6-11H2,1-5H3,(H,17,19). The second-order valence-electron chi connectivity index (χ2n) is 6.27. The van der Waals surface area contributed by atoms with Gasteiger partial charge in [-0.25, -0.2) is 0 Å². The summed E-state index contributed by atoms with van der Waals surface area (Å²) in [6, 6.07) is -0.300.